The lowest BCUT2D eigenvalue weighted by Crippen LogP contribution is -2.02. The molecule has 0 saturated carbocycles. The zero-order chi connectivity index (χ0) is 15.0. The molecule has 0 aliphatic rings. The van der Waals surface area contributed by atoms with Crippen LogP contribution in [0.3, 0.4) is 0 Å². The van der Waals surface area contributed by atoms with E-state index in [1.54, 1.807) is 18.5 Å². The fraction of sp³-hybridized carbons (Fsp3) is 0.133. The fourth-order valence-electron chi connectivity index (χ4n) is 2.25. The summed E-state index contributed by atoms with van der Waals surface area (Å²) >= 11 is 3.34. The lowest BCUT2D eigenvalue weighted by molar-refractivity contribution is 0.216. The van der Waals surface area contributed by atoms with Crippen LogP contribution in [0.25, 0.3) is 11.0 Å². The number of aromatic amines is 1. The number of aromatic nitrogens is 2. The highest BCUT2D eigenvalue weighted by Crippen LogP contribution is 2.31. The third-order valence-corrected chi connectivity index (χ3v) is 3.76. The second-order valence-electron chi connectivity index (χ2n) is 4.58. The molecule has 1 atom stereocenters. The van der Waals surface area contributed by atoms with Gasteiger partial charge in [0.1, 0.15) is 23.3 Å². The SMILES string of the molecule is COc1ccc(C(O)c2c[nH]c3ncc(Br)cc23)c(F)c1. The molecule has 1 aromatic carbocycles. The van der Waals surface area contributed by atoms with Crippen LogP contribution in [0.15, 0.2) is 41.1 Å². The van der Waals surface area contributed by atoms with Gasteiger partial charge in [0, 0.05) is 39.4 Å². The Labute approximate surface area is 128 Å². The third kappa shape index (κ3) is 2.52. The smallest absolute Gasteiger partial charge is 0.137 e. The largest absolute Gasteiger partial charge is 0.497 e. The van der Waals surface area contributed by atoms with Crippen molar-refractivity contribution in [3.05, 3.63) is 58.1 Å². The molecule has 6 heteroatoms. The van der Waals surface area contributed by atoms with Gasteiger partial charge >= 0.3 is 0 Å². The van der Waals surface area contributed by atoms with E-state index in [2.05, 4.69) is 25.9 Å². The first-order chi connectivity index (χ1) is 10.1. The number of pyridine rings is 1. The Kier molecular flexibility index (Phi) is 3.65. The first kappa shape index (κ1) is 14.0. The molecule has 3 aromatic rings. The number of aliphatic hydroxyl groups is 1. The van der Waals surface area contributed by atoms with E-state index in [0.717, 1.165) is 9.86 Å². The van der Waals surface area contributed by atoms with Crippen molar-refractivity contribution in [2.45, 2.75) is 6.10 Å². The second-order valence-corrected chi connectivity index (χ2v) is 5.50. The average molecular weight is 351 g/mol. The molecule has 0 fully saturated rings. The highest BCUT2D eigenvalue weighted by atomic mass is 79.9. The van der Waals surface area contributed by atoms with E-state index in [1.807, 2.05) is 6.07 Å². The number of rotatable bonds is 3. The summed E-state index contributed by atoms with van der Waals surface area (Å²) in [5, 5.41) is 11.2. The van der Waals surface area contributed by atoms with Gasteiger partial charge in [0.25, 0.3) is 0 Å². The summed E-state index contributed by atoms with van der Waals surface area (Å²) in [6.45, 7) is 0. The van der Waals surface area contributed by atoms with Gasteiger partial charge in [-0.25, -0.2) is 9.37 Å². The Morgan fingerprint density at radius 1 is 1.33 bits per heavy atom. The van der Waals surface area contributed by atoms with Crippen molar-refractivity contribution in [2.24, 2.45) is 0 Å². The number of halogens is 2. The molecule has 3 rings (SSSR count). The van der Waals surface area contributed by atoms with Crippen molar-refractivity contribution >= 4 is 27.0 Å². The summed E-state index contributed by atoms with van der Waals surface area (Å²) in [6.07, 6.45) is 2.21. The molecule has 4 nitrogen and oxygen atoms in total. The standard InChI is InChI=1S/C15H12BrFN2O2/c1-21-9-2-3-10(13(17)5-9)14(20)12-7-19-15-11(12)4-8(16)6-18-15/h2-7,14,20H,1H3,(H,18,19). The van der Waals surface area contributed by atoms with Gasteiger partial charge in [0.15, 0.2) is 0 Å². The number of H-pyrrole nitrogens is 1. The summed E-state index contributed by atoms with van der Waals surface area (Å²) < 4.78 is 19.8. The van der Waals surface area contributed by atoms with Crippen molar-refractivity contribution in [1.82, 2.24) is 9.97 Å². The maximum absolute atomic E-state index is 14.1. The number of fused-ring (bicyclic) bond motifs is 1. The van der Waals surface area contributed by atoms with Crippen molar-refractivity contribution < 1.29 is 14.2 Å². The van der Waals surface area contributed by atoms with Crippen molar-refractivity contribution in [1.29, 1.82) is 0 Å². The first-order valence-corrected chi connectivity index (χ1v) is 7.03. The molecule has 0 radical (unpaired) electrons. The van der Waals surface area contributed by atoms with Crippen LogP contribution < -0.4 is 4.74 Å². The first-order valence-electron chi connectivity index (χ1n) is 6.24. The van der Waals surface area contributed by atoms with Crippen LogP contribution in [-0.2, 0) is 0 Å². The van der Waals surface area contributed by atoms with Crippen LogP contribution in [-0.4, -0.2) is 22.2 Å². The molecule has 0 aliphatic carbocycles. The highest BCUT2D eigenvalue weighted by molar-refractivity contribution is 9.10. The summed E-state index contributed by atoms with van der Waals surface area (Å²) in [5.74, 6) is -0.106. The molecule has 108 valence electrons. The Hall–Kier alpha value is -1.92. The zero-order valence-corrected chi connectivity index (χ0v) is 12.7. The van der Waals surface area contributed by atoms with Crippen LogP contribution >= 0.6 is 15.9 Å². The van der Waals surface area contributed by atoms with E-state index >= 15 is 0 Å². The van der Waals surface area contributed by atoms with Crippen LogP contribution in [0, 0.1) is 5.82 Å². The predicted molar refractivity (Wildman–Crippen MR) is 80.8 cm³/mol. The summed E-state index contributed by atoms with van der Waals surface area (Å²) in [4.78, 5) is 7.17. The van der Waals surface area contributed by atoms with E-state index in [4.69, 9.17) is 4.74 Å². The van der Waals surface area contributed by atoms with Crippen LogP contribution in [0.5, 0.6) is 5.75 Å². The number of methoxy groups -OCH3 is 1. The van der Waals surface area contributed by atoms with Gasteiger partial charge in [-0.3, -0.25) is 0 Å². The molecule has 0 spiro atoms. The molecule has 21 heavy (non-hydrogen) atoms. The van der Waals surface area contributed by atoms with E-state index in [1.165, 1.54) is 19.2 Å². The average Bonchev–Trinajstić information content (AvgIpc) is 2.89. The molecule has 0 amide bonds. The number of nitrogens with zero attached hydrogens (tertiary/aromatic N) is 1. The van der Waals surface area contributed by atoms with Crippen molar-refractivity contribution in [3.63, 3.8) is 0 Å². The van der Waals surface area contributed by atoms with Crippen molar-refractivity contribution in [3.8, 4) is 5.75 Å². The van der Waals surface area contributed by atoms with Gasteiger partial charge in [-0.2, -0.15) is 0 Å². The van der Waals surface area contributed by atoms with E-state index in [0.29, 0.717) is 17.0 Å². The van der Waals surface area contributed by atoms with Gasteiger partial charge in [-0.1, -0.05) is 0 Å². The molecule has 0 bridgehead atoms. The third-order valence-electron chi connectivity index (χ3n) is 3.33. The predicted octanol–water partition coefficient (Wildman–Crippen LogP) is 3.55. The molecular formula is C15H12BrFN2O2. The highest BCUT2D eigenvalue weighted by Gasteiger charge is 2.19. The number of benzene rings is 1. The van der Waals surface area contributed by atoms with Crippen molar-refractivity contribution in [2.75, 3.05) is 7.11 Å². The number of nitrogens with one attached hydrogen (secondary N) is 1. The van der Waals surface area contributed by atoms with Crippen LogP contribution in [0.4, 0.5) is 4.39 Å². The quantitative estimate of drug-likeness (QED) is 0.759. The maximum atomic E-state index is 14.1. The Balaban J connectivity index is 2.08. The lowest BCUT2D eigenvalue weighted by atomic mass is 10.0. The maximum Gasteiger partial charge on any atom is 0.137 e. The second kappa shape index (κ2) is 5.46. The van der Waals surface area contributed by atoms with E-state index in [9.17, 15) is 9.50 Å². The Bertz CT molecular complexity index is 803. The zero-order valence-electron chi connectivity index (χ0n) is 11.1. The van der Waals surface area contributed by atoms with Crippen LogP contribution in [0.1, 0.15) is 17.2 Å². The van der Waals surface area contributed by atoms with Gasteiger partial charge in [-0.05, 0) is 34.1 Å². The van der Waals surface area contributed by atoms with Gasteiger partial charge in [0.2, 0.25) is 0 Å². The summed E-state index contributed by atoms with van der Waals surface area (Å²) in [6, 6.07) is 6.22. The van der Waals surface area contributed by atoms with Gasteiger partial charge in [0.05, 0.1) is 7.11 Å². The number of ether oxygens (including phenoxy) is 1. The minimum Gasteiger partial charge on any atom is -0.497 e. The lowest BCUT2D eigenvalue weighted by Gasteiger charge is -2.12. The van der Waals surface area contributed by atoms with E-state index < -0.39 is 11.9 Å². The van der Waals surface area contributed by atoms with E-state index in [-0.39, 0.29) is 5.56 Å². The Morgan fingerprint density at radius 3 is 2.86 bits per heavy atom. The van der Waals surface area contributed by atoms with Gasteiger partial charge in [-0.15, -0.1) is 0 Å². The molecule has 2 aromatic heterocycles. The molecule has 0 aliphatic heterocycles. The number of hydrogen-bond acceptors (Lipinski definition) is 3. The molecule has 0 saturated heterocycles. The molecule has 2 N–H and O–H groups in total. The topological polar surface area (TPSA) is 58.1 Å². The van der Waals surface area contributed by atoms with Gasteiger partial charge < -0.3 is 14.8 Å². The van der Waals surface area contributed by atoms with Crippen LogP contribution in [0.2, 0.25) is 0 Å². The molecular weight excluding hydrogens is 339 g/mol. The molecule has 2 heterocycles. The minimum absolute atomic E-state index is 0.191. The minimum atomic E-state index is -1.08. The summed E-state index contributed by atoms with van der Waals surface area (Å²) in [5.41, 5.74) is 1.40. The summed E-state index contributed by atoms with van der Waals surface area (Å²) in [7, 11) is 1.47. The number of aliphatic hydroxyl groups excluding tert-OH is 1. The monoisotopic (exact) mass is 350 g/mol. The molecule has 1 unspecified atom stereocenters. The Morgan fingerprint density at radius 2 is 2.14 bits per heavy atom. The normalized spacial score (nSPS) is 12.6. The fourth-order valence-corrected chi connectivity index (χ4v) is 2.58. The number of hydrogen-bond donors (Lipinski definition) is 2.